The molecule has 1 amide bonds. The Balaban J connectivity index is 2.12. The van der Waals surface area contributed by atoms with Crippen LogP contribution < -0.4 is 11.1 Å². The van der Waals surface area contributed by atoms with Gasteiger partial charge >= 0.3 is 0 Å². The Morgan fingerprint density at radius 3 is 2.85 bits per heavy atom. The van der Waals surface area contributed by atoms with E-state index in [4.69, 9.17) is 11.0 Å². The Morgan fingerprint density at radius 2 is 2.10 bits per heavy atom. The summed E-state index contributed by atoms with van der Waals surface area (Å²) in [5.74, 6) is -0.139. The Hall–Kier alpha value is -1.86. The predicted octanol–water partition coefficient (Wildman–Crippen LogP) is 2.71. The van der Waals surface area contributed by atoms with E-state index in [9.17, 15) is 4.79 Å². The first-order valence-corrected chi connectivity index (χ1v) is 7.19. The normalized spacial score (nSPS) is 22.6. The zero-order valence-corrected chi connectivity index (χ0v) is 11.9. The Morgan fingerprint density at radius 1 is 1.35 bits per heavy atom. The zero-order chi connectivity index (χ0) is 14.5. The molecule has 0 radical (unpaired) electrons. The molecule has 3 N–H and O–H groups in total. The van der Waals surface area contributed by atoms with E-state index in [1.54, 1.807) is 12.1 Å². The van der Waals surface area contributed by atoms with Crippen molar-refractivity contribution >= 4 is 11.6 Å². The van der Waals surface area contributed by atoms with Crippen molar-refractivity contribution in [2.45, 2.75) is 45.1 Å². The SMILES string of the molecule is Cc1ccc(C#N)cc1NC(=O)C1CCCCCC1N. The summed E-state index contributed by atoms with van der Waals surface area (Å²) in [6, 6.07) is 7.35. The van der Waals surface area contributed by atoms with Gasteiger partial charge in [-0.15, -0.1) is 0 Å². The minimum Gasteiger partial charge on any atom is -0.327 e. The lowest BCUT2D eigenvalue weighted by Gasteiger charge is -2.21. The Bertz CT molecular complexity index is 533. The molecule has 1 aliphatic carbocycles. The van der Waals surface area contributed by atoms with Gasteiger partial charge in [0.05, 0.1) is 17.6 Å². The number of nitrogens with one attached hydrogen (secondary N) is 1. The zero-order valence-electron chi connectivity index (χ0n) is 11.9. The molecule has 0 saturated heterocycles. The highest BCUT2D eigenvalue weighted by Crippen LogP contribution is 2.24. The first-order valence-electron chi connectivity index (χ1n) is 7.19. The summed E-state index contributed by atoms with van der Waals surface area (Å²) in [5.41, 5.74) is 8.34. The third-order valence-electron chi connectivity index (χ3n) is 4.03. The summed E-state index contributed by atoms with van der Waals surface area (Å²) in [4.78, 5) is 12.4. The first kappa shape index (κ1) is 14.5. The van der Waals surface area contributed by atoms with E-state index in [0.29, 0.717) is 11.3 Å². The summed E-state index contributed by atoms with van der Waals surface area (Å²) in [7, 11) is 0. The number of carbonyl (C=O) groups excluding carboxylic acids is 1. The number of aryl methyl sites for hydroxylation is 1. The Kier molecular flexibility index (Phi) is 4.75. The van der Waals surface area contributed by atoms with Gasteiger partial charge in [0.1, 0.15) is 0 Å². The van der Waals surface area contributed by atoms with Crippen molar-refractivity contribution in [2.24, 2.45) is 11.7 Å². The Labute approximate surface area is 120 Å². The molecular formula is C16H21N3O. The number of amides is 1. The molecule has 0 aromatic heterocycles. The van der Waals surface area contributed by atoms with Crippen molar-refractivity contribution in [2.75, 3.05) is 5.32 Å². The van der Waals surface area contributed by atoms with E-state index < -0.39 is 0 Å². The van der Waals surface area contributed by atoms with Crippen molar-refractivity contribution < 1.29 is 4.79 Å². The van der Waals surface area contributed by atoms with Crippen molar-refractivity contribution in [1.82, 2.24) is 0 Å². The second kappa shape index (κ2) is 6.53. The molecule has 1 aromatic rings. The molecule has 4 heteroatoms. The van der Waals surface area contributed by atoms with Crippen LogP contribution in [-0.4, -0.2) is 11.9 Å². The van der Waals surface area contributed by atoms with Gasteiger partial charge in [-0.05, 0) is 37.5 Å². The number of anilines is 1. The maximum atomic E-state index is 12.4. The average Bonchev–Trinajstić information content (AvgIpc) is 2.66. The van der Waals surface area contributed by atoms with Crippen molar-refractivity contribution in [3.8, 4) is 6.07 Å². The largest absolute Gasteiger partial charge is 0.327 e. The third-order valence-corrected chi connectivity index (χ3v) is 4.03. The van der Waals surface area contributed by atoms with Gasteiger partial charge in [-0.1, -0.05) is 25.3 Å². The van der Waals surface area contributed by atoms with E-state index in [0.717, 1.165) is 37.7 Å². The van der Waals surface area contributed by atoms with Crippen LogP contribution >= 0.6 is 0 Å². The molecule has 1 fully saturated rings. The van der Waals surface area contributed by atoms with E-state index in [-0.39, 0.29) is 17.9 Å². The highest BCUT2D eigenvalue weighted by Gasteiger charge is 2.27. The minimum absolute atomic E-state index is 0.0161. The third kappa shape index (κ3) is 3.37. The van der Waals surface area contributed by atoms with Crippen LogP contribution in [0.1, 0.15) is 43.2 Å². The number of hydrogen-bond acceptors (Lipinski definition) is 3. The van der Waals surface area contributed by atoms with E-state index in [1.807, 2.05) is 13.0 Å². The van der Waals surface area contributed by atoms with Crippen LogP contribution in [0.3, 0.4) is 0 Å². The number of carbonyl (C=O) groups is 1. The van der Waals surface area contributed by atoms with Crippen LogP contribution in [0.4, 0.5) is 5.69 Å². The van der Waals surface area contributed by atoms with Gasteiger partial charge in [0.25, 0.3) is 0 Å². The van der Waals surface area contributed by atoms with Crippen molar-refractivity contribution in [1.29, 1.82) is 5.26 Å². The van der Waals surface area contributed by atoms with Gasteiger partial charge in [-0.3, -0.25) is 4.79 Å². The van der Waals surface area contributed by atoms with Gasteiger partial charge in [0, 0.05) is 11.7 Å². The standard InChI is InChI=1S/C16H21N3O/c1-11-7-8-12(10-17)9-15(11)19-16(20)13-5-3-2-4-6-14(13)18/h7-9,13-14H,2-6,18H2,1H3,(H,19,20). The molecule has 4 nitrogen and oxygen atoms in total. The maximum absolute atomic E-state index is 12.4. The number of nitriles is 1. The smallest absolute Gasteiger partial charge is 0.229 e. The van der Waals surface area contributed by atoms with E-state index in [2.05, 4.69) is 11.4 Å². The molecule has 2 unspecified atom stereocenters. The van der Waals surface area contributed by atoms with Crippen LogP contribution in [0, 0.1) is 24.2 Å². The van der Waals surface area contributed by atoms with Crippen LogP contribution in [0.2, 0.25) is 0 Å². The van der Waals surface area contributed by atoms with Crippen molar-refractivity contribution in [3.63, 3.8) is 0 Å². The highest BCUT2D eigenvalue weighted by atomic mass is 16.1. The number of nitrogens with zero attached hydrogens (tertiary/aromatic N) is 1. The molecule has 1 saturated carbocycles. The highest BCUT2D eigenvalue weighted by molar-refractivity contribution is 5.93. The molecule has 106 valence electrons. The quantitative estimate of drug-likeness (QED) is 0.812. The van der Waals surface area contributed by atoms with Gasteiger partial charge < -0.3 is 11.1 Å². The summed E-state index contributed by atoms with van der Waals surface area (Å²) < 4.78 is 0. The molecule has 0 heterocycles. The first-order chi connectivity index (χ1) is 9.61. The molecule has 1 aromatic carbocycles. The van der Waals surface area contributed by atoms with Crippen LogP contribution in [0.5, 0.6) is 0 Å². The van der Waals surface area contributed by atoms with Crippen LogP contribution in [0.25, 0.3) is 0 Å². The second-order valence-electron chi connectivity index (χ2n) is 5.54. The lowest BCUT2D eigenvalue weighted by molar-refractivity contribution is -0.120. The molecule has 1 aliphatic rings. The summed E-state index contributed by atoms with van der Waals surface area (Å²) in [6.07, 6.45) is 5.08. The number of hydrogen-bond donors (Lipinski definition) is 2. The maximum Gasteiger partial charge on any atom is 0.229 e. The fourth-order valence-electron chi connectivity index (χ4n) is 2.71. The molecular weight excluding hydrogens is 250 g/mol. The average molecular weight is 271 g/mol. The molecule has 0 bridgehead atoms. The van der Waals surface area contributed by atoms with E-state index in [1.165, 1.54) is 0 Å². The fraction of sp³-hybridized carbons (Fsp3) is 0.500. The lowest BCUT2D eigenvalue weighted by Crippen LogP contribution is -2.37. The number of rotatable bonds is 2. The second-order valence-corrected chi connectivity index (χ2v) is 5.54. The monoisotopic (exact) mass is 271 g/mol. The van der Waals surface area contributed by atoms with Gasteiger partial charge in [0.15, 0.2) is 0 Å². The summed E-state index contributed by atoms with van der Waals surface area (Å²) in [5, 5.41) is 11.9. The lowest BCUT2D eigenvalue weighted by atomic mass is 9.94. The summed E-state index contributed by atoms with van der Waals surface area (Å²) >= 11 is 0. The van der Waals surface area contributed by atoms with Crippen LogP contribution in [0.15, 0.2) is 18.2 Å². The number of benzene rings is 1. The van der Waals surface area contributed by atoms with Crippen LogP contribution in [-0.2, 0) is 4.79 Å². The predicted molar refractivity (Wildman–Crippen MR) is 79.1 cm³/mol. The number of nitrogens with two attached hydrogens (primary N) is 1. The van der Waals surface area contributed by atoms with Crippen molar-refractivity contribution in [3.05, 3.63) is 29.3 Å². The van der Waals surface area contributed by atoms with E-state index >= 15 is 0 Å². The molecule has 2 rings (SSSR count). The van der Waals surface area contributed by atoms with Gasteiger partial charge in [-0.25, -0.2) is 0 Å². The fourth-order valence-corrected chi connectivity index (χ4v) is 2.71. The van der Waals surface area contributed by atoms with Gasteiger partial charge in [-0.2, -0.15) is 5.26 Å². The molecule has 2 atom stereocenters. The van der Waals surface area contributed by atoms with Gasteiger partial charge in [0.2, 0.25) is 5.91 Å². The molecule has 0 spiro atoms. The minimum atomic E-state index is -0.123. The topological polar surface area (TPSA) is 78.9 Å². The molecule has 0 aliphatic heterocycles. The molecule has 20 heavy (non-hydrogen) atoms. The summed E-state index contributed by atoms with van der Waals surface area (Å²) in [6.45, 7) is 1.92.